The van der Waals surface area contributed by atoms with E-state index in [1.165, 1.54) is 32.1 Å². The van der Waals surface area contributed by atoms with Crippen molar-refractivity contribution in [3.05, 3.63) is 12.7 Å². The zero-order valence-electron chi connectivity index (χ0n) is 16.6. The summed E-state index contributed by atoms with van der Waals surface area (Å²) in [5.41, 5.74) is 1.19. The predicted molar refractivity (Wildman–Crippen MR) is 101 cm³/mol. The maximum absolute atomic E-state index is 4.15. The molecule has 0 heteroatoms. The molecule has 23 heavy (non-hydrogen) atoms. The van der Waals surface area contributed by atoms with Crippen LogP contribution in [0.15, 0.2) is 12.7 Å². The molecule has 0 aromatic rings. The Bertz CT molecular complexity index is 451. The van der Waals surface area contributed by atoms with Gasteiger partial charge in [-0.15, -0.1) is 6.58 Å². The van der Waals surface area contributed by atoms with E-state index >= 15 is 0 Å². The van der Waals surface area contributed by atoms with Crippen LogP contribution in [-0.2, 0) is 0 Å². The summed E-state index contributed by atoms with van der Waals surface area (Å²) in [5.74, 6) is 6.60. The van der Waals surface area contributed by atoms with Gasteiger partial charge in [-0.2, -0.15) is 0 Å². The van der Waals surface area contributed by atoms with Crippen LogP contribution in [0.4, 0.5) is 0 Å². The lowest BCUT2D eigenvalue weighted by Gasteiger charge is -2.44. The van der Waals surface area contributed by atoms with Gasteiger partial charge in [-0.3, -0.25) is 0 Å². The van der Waals surface area contributed by atoms with Crippen LogP contribution in [0.2, 0.25) is 0 Å². The summed E-state index contributed by atoms with van der Waals surface area (Å²) in [6, 6.07) is 0. The SMILES string of the molecule is C=CC(C)C(CC(C)(CC)C1CC2CC1C2C)C1CC1(C)CC. The van der Waals surface area contributed by atoms with Gasteiger partial charge < -0.3 is 0 Å². The van der Waals surface area contributed by atoms with Crippen LogP contribution in [0.25, 0.3) is 0 Å². The Morgan fingerprint density at radius 2 is 2.00 bits per heavy atom. The molecule has 2 bridgehead atoms. The Morgan fingerprint density at radius 3 is 2.39 bits per heavy atom. The van der Waals surface area contributed by atoms with Crippen molar-refractivity contribution in [2.24, 2.45) is 52.3 Å². The van der Waals surface area contributed by atoms with E-state index in [2.05, 4.69) is 54.2 Å². The van der Waals surface area contributed by atoms with E-state index in [1.807, 2.05) is 0 Å². The highest BCUT2D eigenvalue weighted by Gasteiger charge is 2.58. The third kappa shape index (κ3) is 2.73. The summed E-state index contributed by atoms with van der Waals surface area (Å²) < 4.78 is 0. The second-order valence-electron chi connectivity index (χ2n) is 10.1. The molecule has 0 amide bonds. The molecule has 0 spiro atoms. The van der Waals surface area contributed by atoms with Gasteiger partial charge in [0.15, 0.2) is 0 Å². The second kappa shape index (κ2) is 5.92. The first-order valence-electron chi connectivity index (χ1n) is 10.4. The van der Waals surface area contributed by atoms with Gasteiger partial charge in [0, 0.05) is 0 Å². The van der Waals surface area contributed by atoms with Gasteiger partial charge in [-0.25, -0.2) is 0 Å². The average molecular weight is 317 g/mol. The van der Waals surface area contributed by atoms with E-state index in [-0.39, 0.29) is 0 Å². The third-order valence-corrected chi connectivity index (χ3v) is 9.27. The summed E-state index contributed by atoms with van der Waals surface area (Å²) in [6.07, 6.45) is 10.9. The van der Waals surface area contributed by atoms with E-state index in [4.69, 9.17) is 0 Å². The molecule has 132 valence electrons. The highest BCUT2D eigenvalue weighted by Crippen LogP contribution is 2.66. The van der Waals surface area contributed by atoms with Crippen LogP contribution in [0.5, 0.6) is 0 Å². The van der Waals surface area contributed by atoms with Crippen LogP contribution in [0.1, 0.15) is 80.1 Å². The average Bonchev–Trinajstić information content (AvgIpc) is 2.92. The summed E-state index contributed by atoms with van der Waals surface area (Å²) >= 11 is 0. The molecule has 0 heterocycles. The lowest BCUT2D eigenvalue weighted by molar-refractivity contribution is 0.0582. The molecule has 0 saturated heterocycles. The van der Waals surface area contributed by atoms with Crippen LogP contribution in [-0.4, -0.2) is 0 Å². The molecule has 4 aliphatic rings. The van der Waals surface area contributed by atoms with Gasteiger partial charge in [0.2, 0.25) is 0 Å². The number of hydrogen-bond donors (Lipinski definition) is 0. The van der Waals surface area contributed by atoms with Gasteiger partial charge in [0.25, 0.3) is 0 Å². The lowest BCUT2D eigenvalue weighted by Crippen LogP contribution is -2.36. The molecular weight excluding hydrogens is 276 g/mol. The molecule has 0 aromatic heterocycles. The van der Waals surface area contributed by atoms with Gasteiger partial charge in [0.05, 0.1) is 0 Å². The van der Waals surface area contributed by atoms with E-state index in [9.17, 15) is 0 Å². The molecule has 4 aliphatic carbocycles. The minimum Gasteiger partial charge on any atom is -0.103 e. The van der Waals surface area contributed by atoms with E-state index < -0.39 is 0 Å². The quantitative estimate of drug-likeness (QED) is 0.425. The number of allylic oxidation sites excluding steroid dienone is 1. The topological polar surface area (TPSA) is 0 Å². The van der Waals surface area contributed by atoms with Crippen molar-refractivity contribution in [2.45, 2.75) is 80.1 Å². The zero-order valence-corrected chi connectivity index (χ0v) is 16.6. The fourth-order valence-corrected chi connectivity index (χ4v) is 6.56. The standard InChI is InChI=1S/C23H40/c1-8-15(4)19(21-14-23(21,7)10-3)13-22(6,9-2)20-12-17-11-18(20)16(17)5/h8,15-21H,1,9-14H2,2-7H3. The summed E-state index contributed by atoms with van der Waals surface area (Å²) in [4.78, 5) is 0. The number of hydrogen-bond acceptors (Lipinski definition) is 0. The predicted octanol–water partition coefficient (Wildman–Crippen LogP) is 6.96. The van der Waals surface area contributed by atoms with Crippen molar-refractivity contribution in [2.75, 3.05) is 0 Å². The van der Waals surface area contributed by atoms with Gasteiger partial charge in [-0.05, 0) is 77.9 Å². The summed E-state index contributed by atoms with van der Waals surface area (Å²) in [7, 11) is 0. The number of rotatable bonds is 8. The molecule has 4 rings (SSSR count). The van der Waals surface area contributed by atoms with Crippen molar-refractivity contribution >= 4 is 0 Å². The fraction of sp³-hybridized carbons (Fsp3) is 0.913. The van der Waals surface area contributed by atoms with E-state index in [0.717, 1.165) is 35.5 Å². The molecule has 9 atom stereocenters. The van der Waals surface area contributed by atoms with Crippen molar-refractivity contribution in [3.8, 4) is 0 Å². The Labute approximate surface area is 145 Å². The molecule has 9 unspecified atom stereocenters. The smallest absolute Gasteiger partial charge is 0.0233 e. The molecule has 0 radical (unpaired) electrons. The van der Waals surface area contributed by atoms with E-state index in [0.29, 0.717) is 16.7 Å². The number of fused-ring (bicyclic) bond motifs is 1. The first kappa shape index (κ1) is 17.6. The molecule has 0 N–H and O–H groups in total. The van der Waals surface area contributed by atoms with Crippen LogP contribution in [0.3, 0.4) is 0 Å². The van der Waals surface area contributed by atoms with Crippen LogP contribution >= 0.6 is 0 Å². The maximum atomic E-state index is 4.15. The largest absolute Gasteiger partial charge is 0.103 e. The molecule has 4 fully saturated rings. The van der Waals surface area contributed by atoms with Crippen molar-refractivity contribution in [1.29, 1.82) is 0 Å². The zero-order chi connectivity index (χ0) is 17.0. The van der Waals surface area contributed by atoms with Gasteiger partial charge >= 0.3 is 0 Å². The van der Waals surface area contributed by atoms with Crippen molar-refractivity contribution < 1.29 is 0 Å². The lowest BCUT2D eigenvalue weighted by atomic mass is 9.61. The van der Waals surface area contributed by atoms with Gasteiger partial charge in [0.1, 0.15) is 0 Å². The first-order chi connectivity index (χ1) is 10.8. The Balaban J connectivity index is 1.76. The first-order valence-corrected chi connectivity index (χ1v) is 10.4. The summed E-state index contributed by atoms with van der Waals surface area (Å²) in [5, 5.41) is 0. The minimum atomic E-state index is 0.559. The van der Waals surface area contributed by atoms with Crippen LogP contribution in [0, 0.1) is 52.3 Å². The Hall–Kier alpha value is -0.260. The molecule has 0 aromatic carbocycles. The van der Waals surface area contributed by atoms with Crippen LogP contribution < -0.4 is 0 Å². The van der Waals surface area contributed by atoms with Crippen molar-refractivity contribution in [3.63, 3.8) is 0 Å². The van der Waals surface area contributed by atoms with Crippen molar-refractivity contribution in [1.82, 2.24) is 0 Å². The molecule has 4 saturated carbocycles. The fourth-order valence-electron chi connectivity index (χ4n) is 6.56. The van der Waals surface area contributed by atoms with Gasteiger partial charge in [-0.1, -0.05) is 60.5 Å². The second-order valence-corrected chi connectivity index (χ2v) is 10.1. The highest BCUT2D eigenvalue weighted by atomic mass is 14.6. The molecule has 0 nitrogen and oxygen atoms in total. The molecule has 0 aliphatic heterocycles. The Morgan fingerprint density at radius 1 is 1.30 bits per heavy atom. The third-order valence-electron chi connectivity index (χ3n) is 9.27. The van der Waals surface area contributed by atoms with E-state index in [1.54, 1.807) is 6.42 Å². The monoisotopic (exact) mass is 316 g/mol. The Kier molecular flexibility index (Phi) is 4.52. The normalized spacial score (nSPS) is 46.6. The summed E-state index contributed by atoms with van der Waals surface area (Å²) in [6.45, 7) is 19.1. The minimum absolute atomic E-state index is 0.559. The highest BCUT2D eigenvalue weighted by molar-refractivity contribution is 5.09. The molecular formula is C23H40. The maximum Gasteiger partial charge on any atom is -0.0233 e.